The van der Waals surface area contributed by atoms with E-state index in [4.69, 9.17) is 9.47 Å². The Labute approximate surface area is 114 Å². The molecule has 1 rings (SSSR count). The molecule has 0 fully saturated rings. The van der Waals surface area contributed by atoms with Crippen LogP contribution in [0.25, 0.3) is 0 Å². The molecule has 0 saturated heterocycles. The molecule has 1 aromatic carbocycles. The molecular weight excluding hydrogens is 247 g/mol. The van der Waals surface area contributed by atoms with Crippen LogP contribution in [0.4, 0.5) is 4.39 Å². The molecule has 108 valence electrons. The molecule has 0 atom stereocenters. The predicted molar refractivity (Wildman–Crippen MR) is 74.0 cm³/mol. The normalized spacial score (nSPS) is 11.0. The lowest BCUT2D eigenvalue weighted by molar-refractivity contribution is 0.197. The first-order valence-electron chi connectivity index (χ1n) is 6.38. The second kappa shape index (κ2) is 8.85. The monoisotopic (exact) mass is 270 g/mol. The van der Waals surface area contributed by atoms with Crippen LogP contribution in [-0.2, 0) is 11.3 Å². The first-order valence-corrected chi connectivity index (χ1v) is 6.38. The lowest BCUT2D eigenvalue weighted by Gasteiger charge is -2.17. The molecule has 0 unspecified atom stereocenters. The third-order valence-electron chi connectivity index (χ3n) is 2.85. The summed E-state index contributed by atoms with van der Waals surface area (Å²) in [5.41, 5.74) is 0.681. The quantitative estimate of drug-likeness (QED) is 0.690. The van der Waals surface area contributed by atoms with E-state index in [1.165, 1.54) is 13.2 Å². The maximum atomic E-state index is 13.7. The molecular formula is C14H23FN2O2. The van der Waals surface area contributed by atoms with Crippen LogP contribution >= 0.6 is 0 Å². The van der Waals surface area contributed by atoms with E-state index in [1.54, 1.807) is 19.2 Å². The van der Waals surface area contributed by atoms with Crippen molar-refractivity contribution < 1.29 is 13.9 Å². The van der Waals surface area contributed by atoms with Crippen LogP contribution in [0.15, 0.2) is 18.2 Å². The zero-order chi connectivity index (χ0) is 14.1. The summed E-state index contributed by atoms with van der Waals surface area (Å²) in [5.74, 6) is 0.323. The number of hydrogen-bond acceptors (Lipinski definition) is 4. The van der Waals surface area contributed by atoms with Crippen molar-refractivity contribution in [3.63, 3.8) is 0 Å². The van der Waals surface area contributed by atoms with Gasteiger partial charge in [0.25, 0.3) is 0 Å². The standard InChI is InChI=1S/C14H23FN2O2/c1-17(8-6-16-7-9-18-2)11-12-4-5-13(19-3)10-14(12)15/h4-5,10,16H,6-9,11H2,1-3H3. The molecule has 0 aliphatic rings. The smallest absolute Gasteiger partial charge is 0.131 e. The first kappa shape index (κ1) is 15.9. The van der Waals surface area contributed by atoms with Gasteiger partial charge in [-0.2, -0.15) is 0 Å². The predicted octanol–water partition coefficient (Wildman–Crippen LogP) is 1.50. The van der Waals surface area contributed by atoms with Crippen LogP contribution in [0.1, 0.15) is 5.56 Å². The van der Waals surface area contributed by atoms with Gasteiger partial charge in [0.05, 0.1) is 13.7 Å². The van der Waals surface area contributed by atoms with Crippen LogP contribution in [-0.4, -0.2) is 52.4 Å². The highest BCUT2D eigenvalue weighted by molar-refractivity contribution is 5.28. The van der Waals surface area contributed by atoms with E-state index in [9.17, 15) is 4.39 Å². The van der Waals surface area contributed by atoms with E-state index in [0.29, 0.717) is 24.5 Å². The fourth-order valence-electron chi connectivity index (χ4n) is 1.72. The lowest BCUT2D eigenvalue weighted by Crippen LogP contribution is -2.30. The lowest BCUT2D eigenvalue weighted by atomic mass is 10.2. The molecule has 0 amide bonds. The maximum Gasteiger partial charge on any atom is 0.131 e. The Morgan fingerprint density at radius 1 is 1.26 bits per heavy atom. The summed E-state index contributed by atoms with van der Waals surface area (Å²) in [7, 11) is 5.19. The molecule has 4 nitrogen and oxygen atoms in total. The number of rotatable bonds is 9. The summed E-state index contributed by atoms with van der Waals surface area (Å²) in [5, 5.41) is 3.26. The van der Waals surface area contributed by atoms with Crippen molar-refractivity contribution in [1.29, 1.82) is 0 Å². The Morgan fingerprint density at radius 2 is 2.05 bits per heavy atom. The first-order chi connectivity index (χ1) is 9.17. The van der Waals surface area contributed by atoms with Crippen LogP contribution in [0.5, 0.6) is 5.75 Å². The van der Waals surface area contributed by atoms with Gasteiger partial charge in [0, 0.05) is 44.9 Å². The van der Waals surface area contributed by atoms with Gasteiger partial charge in [-0.1, -0.05) is 6.07 Å². The zero-order valence-electron chi connectivity index (χ0n) is 11.9. The van der Waals surface area contributed by atoms with Gasteiger partial charge in [-0.3, -0.25) is 0 Å². The largest absolute Gasteiger partial charge is 0.497 e. The third kappa shape index (κ3) is 6.00. The summed E-state index contributed by atoms with van der Waals surface area (Å²) >= 11 is 0. The van der Waals surface area contributed by atoms with Crippen LogP contribution < -0.4 is 10.1 Å². The average Bonchev–Trinajstić information content (AvgIpc) is 2.41. The highest BCUT2D eigenvalue weighted by atomic mass is 19.1. The van der Waals surface area contributed by atoms with Crippen molar-refractivity contribution in [2.24, 2.45) is 0 Å². The number of methoxy groups -OCH3 is 2. The minimum absolute atomic E-state index is 0.224. The van der Waals surface area contributed by atoms with E-state index in [-0.39, 0.29) is 5.82 Å². The third-order valence-corrected chi connectivity index (χ3v) is 2.85. The Hall–Kier alpha value is -1.17. The minimum Gasteiger partial charge on any atom is -0.497 e. The molecule has 19 heavy (non-hydrogen) atoms. The molecule has 0 spiro atoms. The second-order valence-electron chi connectivity index (χ2n) is 4.44. The van der Waals surface area contributed by atoms with Crippen molar-refractivity contribution in [3.05, 3.63) is 29.6 Å². The zero-order valence-corrected chi connectivity index (χ0v) is 11.9. The van der Waals surface area contributed by atoms with Gasteiger partial charge in [0.1, 0.15) is 11.6 Å². The van der Waals surface area contributed by atoms with Crippen molar-refractivity contribution in [2.45, 2.75) is 6.54 Å². The molecule has 0 saturated carbocycles. The van der Waals surface area contributed by atoms with Gasteiger partial charge in [0.2, 0.25) is 0 Å². The molecule has 1 aromatic rings. The molecule has 0 aliphatic carbocycles. The van der Waals surface area contributed by atoms with Crippen molar-refractivity contribution in [3.8, 4) is 5.75 Å². The van der Waals surface area contributed by atoms with Gasteiger partial charge in [-0.15, -0.1) is 0 Å². The van der Waals surface area contributed by atoms with Crippen LogP contribution in [0.2, 0.25) is 0 Å². The van der Waals surface area contributed by atoms with E-state index >= 15 is 0 Å². The number of hydrogen-bond donors (Lipinski definition) is 1. The van der Waals surface area contributed by atoms with Crippen molar-refractivity contribution >= 4 is 0 Å². The van der Waals surface area contributed by atoms with Gasteiger partial charge in [-0.25, -0.2) is 4.39 Å². The van der Waals surface area contributed by atoms with Gasteiger partial charge < -0.3 is 19.7 Å². The fourth-order valence-corrected chi connectivity index (χ4v) is 1.72. The van der Waals surface area contributed by atoms with Gasteiger partial charge >= 0.3 is 0 Å². The molecule has 0 aliphatic heterocycles. The highest BCUT2D eigenvalue weighted by Gasteiger charge is 2.06. The summed E-state index contributed by atoms with van der Waals surface area (Å²) < 4.78 is 23.7. The summed E-state index contributed by atoms with van der Waals surface area (Å²) in [6.07, 6.45) is 0. The Morgan fingerprint density at radius 3 is 2.68 bits per heavy atom. The summed E-state index contributed by atoms with van der Waals surface area (Å²) in [6, 6.07) is 4.96. The summed E-state index contributed by atoms with van der Waals surface area (Å²) in [6.45, 7) is 3.84. The van der Waals surface area contributed by atoms with E-state index in [0.717, 1.165) is 19.6 Å². The Balaban J connectivity index is 2.33. The van der Waals surface area contributed by atoms with Crippen molar-refractivity contribution in [2.75, 3.05) is 47.5 Å². The SMILES string of the molecule is COCCNCCN(C)Cc1ccc(OC)cc1F. The number of nitrogens with one attached hydrogen (secondary N) is 1. The van der Waals surface area contributed by atoms with Crippen LogP contribution in [0.3, 0.4) is 0 Å². The van der Waals surface area contributed by atoms with E-state index < -0.39 is 0 Å². The van der Waals surface area contributed by atoms with Crippen molar-refractivity contribution in [1.82, 2.24) is 10.2 Å². The minimum atomic E-state index is -0.224. The number of benzene rings is 1. The summed E-state index contributed by atoms with van der Waals surface area (Å²) in [4.78, 5) is 2.07. The Bertz CT molecular complexity index is 374. The topological polar surface area (TPSA) is 33.7 Å². The fraction of sp³-hybridized carbons (Fsp3) is 0.571. The van der Waals surface area contributed by atoms with Gasteiger partial charge in [-0.05, 0) is 13.1 Å². The second-order valence-corrected chi connectivity index (χ2v) is 4.44. The molecule has 0 bridgehead atoms. The number of likely N-dealkylation sites (N-methyl/N-ethyl adjacent to an activating group) is 1. The number of halogens is 1. The van der Waals surface area contributed by atoms with E-state index in [1.807, 2.05) is 7.05 Å². The molecule has 0 radical (unpaired) electrons. The van der Waals surface area contributed by atoms with Crippen LogP contribution in [0, 0.1) is 5.82 Å². The maximum absolute atomic E-state index is 13.7. The average molecular weight is 270 g/mol. The molecule has 0 aromatic heterocycles. The van der Waals surface area contributed by atoms with E-state index in [2.05, 4.69) is 10.2 Å². The number of nitrogens with zero attached hydrogens (tertiary/aromatic N) is 1. The molecule has 1 N–H and O–H groups in total. The van der Waals surface area contributed by atoms with Gasteiger partial charge in [0.15, 0.2) is 0 Å². The highest BCUT2D eigenvalue weighted by Crippen LogP contribution is 2.17. The molecule has 5 heteroatoms. The molecule has 0 heterocycles. The number of ether oxygens (including phenoxy) is 2. The Kier molecular flexibility index (Phi) is 7.40.